The van der Waals surface area contributed by atoms with Crippen molar-refractivity contribution in [2.45, 2.75) is 64.9 Å². The minimum Gasteiger partial charge on any atom is -0.494 e. The zero-order chi connectivity index (χ0) is 45.7. The summed E-state index contributed by atoms with van der Waals surface area (Å²) in [6.07, 6.45) is 4.06. The van der Waals surface area contributed by atoms with Crippen LogP contribution < -0.4 is 10.1 Å². The fourth-order valence-corrected chi connectivity index (χ4v) is 7.35. The van der Waals surface area contributed by atoms with Crippen molar-refractivity contribution < 1.29 is 28.2 Å². The fourth-order valence-electron chi connectivity index (χ4n) is 7.23. The molecule has 2 aromatic heterocycles. The number of fused-ring (bicyclic) bond motifs is 2. The Morgan fingerprint density at radius 3 is 1.68 bits per heavy atom. The van der Waals surface area contributed by atoms with E-state index in [0.29, 0.717) is 30.5 Å². The van der Waals surface area contributed by atoms with E-state index in [0.717, 1.165) is 65.7 Å². The van der Waals surface area contributed by atoms with E-state index >= 15 is 0 Å². The summed E-state index contributed by atoms with van der Waals surface area (Å²) in [6, 6.07) is 24.2. The number of imidazole rings is 2. The second-order valence-electron chi connectivity index (χ2n) is 14.7. The van der Waals surface area contributed by atoms with E-state index in [2.05, 4.69) is 63.1 Å². The van der Waals surface area contributed by atoms with E-state index in [9.17, 15) is 18.4 Å². The summed E-state index contributed by atoms with van der Waals surface area (Å²) in [6.45, 7) is 13.2. The van der Waals surface area contributed by atoms with Crippen molar-refractivity contribution >= 4 is 68.0 Å². The summed E-state index contributed by atoms with van der Waals surface area (Å²) < 4.78 is 31.6. The van der Waals surface area contributed by atoms with Crippen LogP contribution in [0.15, 0.2) is 84.9 Å². The van der Waals surface area contributed by atoms with Gasteiger partial charge in [0.15, 0.2) is 11.6 Å². The van der Waals surface area contributed by atoms with Gasteiger partial charge in [0, 0.05) is 41.6 Å². The smallest absolute Gasteiger partial charge is 0.253 e. The molecule has 0 saturated carbocycles. The summed E-state index contributed by atoms with van der Waals surface area (Å²) in [5.74, 6) is 1.92. The summed E-state index contributed by atoms with van der Waals surface area (Å²) in [7, 11) is 1.41. The molecule has 0 radical (unpaired) electrons. The number of likely N-dealkylation sites (tertiary alicyclic amines) is 1. The first kappa shape index (κ1) is 51.0. The van der Waals surface area contributed by atoms with Gasteiger partial charge in [-0.2, -0.15) is 0 Å². The van der Waals surface area contributed by atoms with E-state index in [1.54, 1.807) is 11.0 Å². The summed E-state index contributed by atoms with van der Waals surface area (Å²) in [5.41, 5.74) is 4.84. The minimum atomic E-state index is -0.710. The highest BCUT2D eigenvalue weighted by Gasteiger charge is 2.27. The van der Waals surface area contributed by atoms with Gasteiger partial charge in [0.2, 0.25) is 0 Å². The molecular formula is C47H58Cl3F2N7O4. The number of aliphatic hydroxyl groups excluding tert-OH is 1. The van der Waals surface area contributed by atoms with E-state index in [1.807, 2.05) is 36.4 Å². The molecule has 1 amide bonds. The average Bonchev–Trinajstić information content (AvgIpc) is 3.96. The van der Waals surface area contributed by atoms with Gasteiger partial charge in [0.25, 0.3) is 11.1 Å². The number of ether oxygens (including phenoxy) is 1. The highest BCUT2D eigenvalue weighted by Crippen LogP contribution is 2.29. The first-order chi connectivity index (χ1) is 30.5. The standard InChI is InChI=1S/C20H20FN3O2.C12H15N3.C8H6ClFO2.C6H15N.CH2Cl2/c1-26-18-7-6-14(12-15(18)21)20(25)24-10-8-13(9-11-24)19-22-16-4-2-3-5-17(16)23-19;1-2-4-11-10(3-1)14-12(15-11)9-5-7-13-8-6-9;9-8(12)5-1-2-6(4-11)7(10)3-5;1-4-7(5-2)6-3;2-1-3/h2-7,12-13H,8-11H2,1H3,(H,22,23);1-4,9,13H,5-8H2,(H,14,15);1-3,11H,4H2;4-6H2,1-3H3;1H2. The second kappa shape index (κ2) is 26.9. The minimum absolute atomic E-state index is 0.0892. The monoisotopic (exact) mass is 927 g/mol. The predicted molar refractivity (Wildman–Crippen MR) is 250 cm³/mol. The molecule has 4 N–H and O–H groups in total. The Kier molecular flexibility index (Phi) is 21.8. The number of nitrogens with zero attached hydrogens (tertiary/aromatic N) is 4. The molecule has 0 bridgehead atoms. The SMILES string of the molecule is CCN(CC)CC.COc1ccc(C(=O)N2CCC(c3nc4ccccc4[nH]3)CC2)cc1F.ClCCl.O=C(Cl)c1ccc(CO)c(F)c1.c1ccc2[nH]c(C3CCNCC3)nc2c1. The van der Waals surface area contributed by atoms with Crippen molar-refractivity contribution in [3.8, 4) is 5.75 Å². The molecule has 0 spiro atoms. The maximum Gasteiger partial charge on any atom is 0.253 e. The molecule has 2 fully saturated rings. The molecule has 6 aromatic rings. The Morgan fingerprint density at radius 1 is 0.762 bits per heavy atom. The summed E-state index contributed by atoms with van der Waals surface area (Å²) in [4.78, 5) is 43.5. The van der Waals surface area contributed by atoms with Gasteiger partial charge in [-0.05, 0) is 125 Å². The topological polar surface area (TPSA) is 139 Å². The van der Waals surface area contributed by atoms with Crippen LogP contribution >= 0.6 is 34.8 Å². The number of halogens is 5. The number of alkyl halides is 2. The lowest BCUT2D eigenvalue weighted by atomic mass is 9.95. The molecule has 2 aliphatic rings. The number of nitrogens with one attached hydrogen (secondary N) is 3. The molecule has 2 aliphatic heterocycles. The number of carbonyl (C=O) groups is 2. The number of H-pyrrole nitrogens is 2. The van der Waals surface area contributed by atoms with Crippen LogP contribution in [0, 0.1) is 11.6 Å². The highest BCUT2D eigenvalue weighted by molar-refractivity contribution is 6.67. The number of rotatable bonds is 9. The maximum atomic E-state index is 13.9. The molecule has 0 unspecified atom stereocenters. The van der Waals surface area contributed by atoms with Crippen LogP contribution in [-0.2, 0) is 6.61 Å². The van der Waals surface area contributed by atoms with E-state index in [-0.39, 0.29) is 34.7 Å². The molecule has 63 heavy (non-hydrogen) atoms. The van der Waals surface area contributed by atoms with Gasteiger partial charge < -0.3 is 34.9 Å². The Labute approximate surface area is 383 Å². The molecule has 0 atom stereocenters. The normalized spacial score (nSPS) is 14.0. The predicted octanol–water partition coefficient (Wildman–Crippen LogP) is 10.2. The van der Waals surface area contributed by atoms with Crippen LogP contribution in [0.3, 0.4) is 0 Å². The lowest BCUT2D eigenvalue weighted by Gasteiger charge is -2.31. The average molecular weight is 929 g/mol. The lowest BCUT2D eigenvalue weighted by molar-refractivity contribution is 0.0710. The van der Waals surface area contributed by atoms with Crippen LogP contribution in [0.5, 0.6) is 5.75 Å². The van der Waals surface area contributed by atoms with Crippen molar-refractivity contribution in [2.75, 3.05) is 58.3 Å². The van der Waals surface area contributed by atoms with Crippen molar-refractivity contribution in [3.05, 3.63) is 125 Å². The van der Waals surface area contributed by atoms with Gasteiger partial charge in [-0.15, -0.1) is 23.2 Å². The van der Waals surface area contributed by atoms with Gasteiger partial charge in [-0.3, -0.25) is 9.59 Å². The Bertz CT molecular complexity index is 2240. The second-order valence-corrected chi connectivity index (χ2v) is 15.8. The fraction of sp³-hybridized carbons (Fsp3) is 0.404. The molecule has 4 heterocycles. The van der Waals surface area contributed by atoms with Crippen LogP contribution in [0.2, 0.25) is 0 Å². The molecule has 340 valence electrons. The summed E-state index contributed by atoms with van der Waals surface area (Å²) >= 11 is 14.6. The molecule has 8 rings (SSSR count). The van der Waals surface area contributed by atoms with Crippen LogP contribution in [0.1, 0.15) is 96.2 Å². The van der Waals surface area contributed by atoms with E-state index in [4.69, 9.17) is 44.6 Å². The molecule has 16 heteroatoms. The number of amides is 1. The maximum absolute atomic E-state index is 13.9. The molecule has 2 saturated heterocycles. The van der Waals surface area contributed by atoms with Crippen molar-refractivity contribution in [3.63, 3.8) is 0 Å². The number of benzene rings is 4. The number of piperidine rings is 2. The van der Waals surface area contributed by atoms with Crippen LogP contribution in [-0.4, -0.2) is 104 Å². The molecule has 0 aliphatic carbocycles. The Hall–Kier alpha value is -4.63. The number of methoxy groups -OCH3 is 1. The number of para-hydroxylation sites is 4. The number of carbonyl (C=O) groups excluding carboxylic acids is 2. The van der Waals surface area contributed by atoms with Gasteiger partial charge in [0.1, 0.15) is 17.5 Å². The van der Waals surface area contributed by atoms with E-state index in [1.165, 1.54) is 63.9 Å². The van der Waals surface area contributed by atoms with Gasteiger partial charge in [-0.25, -0.2) is 18.7 Å². The van der Waals surface area contributed by atoms with Crippen LogP contribution in [0.4, 0.5) is 8.78 Å². The van der Waals surface area contributed by atoms with E-state index < -0.39 is 16.9 Å². The number of aliphatic hydroxyl groups is 1. The third-order valence-electron chi connectivity index (χ3n) is 10.9. The van der Waals surface area contributed by atoms with Crippen molar-refractivity contribution in [1.82, 2.24) is 35.1 Å². The summed E-state index contributed by atoms with van der Waals surface area (Å²) in [5, 5.41) is 11.5. The van der Waals surface area contributed by atoms with Gasteiger partial charge in [0.05, 0.1) is 41.1 Å². The molecule has 11 nitrogen and oxygen atoms in total. The van der Waals surface area contributed by atoms with Gasteiger partial charge in [-0.1, -0.05) is 51.1 Å². The molecule has 4 aromatic carbocycles. The number of hydrogen-bond acceptors (Lipinski definition) is 8. The third-order valence-corrected chi connectivity index (χ3v) is 11.1. The Morgan fingerprint density at radius 2 is 1.25 bits per heavy atom. The van der Waals surface area contributed by atoms with Crippen molar-refractivity contribution in [1.29, 1.82) is 0 Å². The zero-order valence-corrected chi connectivity index (χ0v) is 38.5. The molecular weight excluding hydrogens is 871 g/mol. The van der Waals surface area contributed by atoms with Crippen molar-refractivity contribution in [2.24, 2.45) is 0 Å². The zero-order valence-electron chi connectivity index (χ0n) is 36.3. The highest BCUT2D eigenvalue weighted by atomic mass is 35.5. The van der Waals surface area contributed by atoms with Crippen LogP contribution in [0.25, 0.3) is 22.1 Å². The quantitative estimate of drug-likeness (QED) is 0.0831. The largest absolute Gasteiger partial charge is 0.494 e. The lowest BCUT2D eigenvalue weighted by Crippen LogP contribution is -2.38. The number of aromatic nitrogens is 4. The first-order valence-corrected chi connectivity index (χ1v) is 22.6. The van der Waals surface area contributed by atoms with Gasteiger partial charge >= 0.3 is 0 Å². The third kappa shape index (κ3) is 15.3. The first-order valence-electron chi connectivity index (χ1n) is 21.2. The Balaban J connectivity index is 0.000000200. The number of aromatic amines is 2. The number of hydrogen-bond donors (Lipinski definition) is 4.